The number of hydrogen-bond acceptors (Lipinski definition) is 5. The fourth-order valence-electron chi connectivity index (χ4n) is 2.77. The average molecular weight is 369 g/mol. The maximum absolute atomic E-state index is 12.6. The van der Waals surface area contributed by atoms with Gasteiger partial charge in [0.1, 0.15) is 17.6 Å². The minimum absolute atomic E-state index is 0.0400. The predicted octanol–water partition coefficient (Wildman–Crippen LogP) is 2.93. The molecule has 0 radical (unpaired) electrons. The van der Waals surface area contributed by atoms with Crippen molar-refractivity contribution in [3.63, 3.8) is 0 Å². The lowest BCUT2D eigenvalue weighted by Gasteiger charge is -2.38. The summed E-state index contributed by atoms with van der Waals surface area (Å²) in [6.45, 7) is 4.29. The SMILES string of the molecule is Cc1noc(C)c1CCC(=O)N1CC(Oc2cccc(C(F)(F)F)n2)C1. The van der Waals surface area contributed by atoms with Crippen molar-refractivity contribution < 1.29 is 27.2 Å². The Hall–Kier alpha value is -2.58. The van der Waals surface area contributed by atoms with Gasteiger partial charge < -0.3 is 14.2 Å². The molecule has 1 aliphatic rings. The van der Waals surface area contributed by atoms with Gasteiger partial charge in [0.05, 0.1) is 18.8 Å². The summed E-state index contributed by atoms with van der Waals surface area (Å²) in [7, 11) is 0. The van der Waals surface area contributed by atoms with Crippen LogP contribution in [0.2, 0.25) is 0 Å². The van der Waals surface area contributed by atoms with Gasteiger partial charge in [-0.2, -0.15) is 13.2 Å². The average Bonchev–Trinajstić information content (AvgIpc) is 2.86. The predicted molar refractivity (Wildman–Crippen MR) is 84.5 cm³/mol. The highest BCUT2D eigenvalue weighted by Crippen LogP contribution is 2.29. The molecule has 9 heteroatoms. The molecule has 26 heavy (non-hydrogen) atoms. The number of carbonyl (C=O) groups excluding carboxylic acids is 1. The van der Waals surface area contributed by atoms with E-state index >= 15 is 0 Å². The smallest absolute Gasteiger partial charge is 0.433 e. The molecule has 0 aliphatic carbocycles. The Morgan fingerprint density at radius 2 is 2.08 bits per heavy atom. The lowest BCUT2D eigenvalue weighted by atomic mass is 10.1. The molecule has 0 atom stereocenters. The molecule has 0 N–H and O–H groups in total. The number of alkyl halides is 3. The summed E-state index contributed by atoms with van der Waals surface area (Å²) < 4.78 is 48.4. The number of hydrogen-bond donors (Lipinski definition) is 0. The molecule has 1 aliphatic heterocycles. The van der Waals surface area contributed by atoms with E-state index in [4.69, 9.17) is 9.26 Å². The number of pyridine rings is 1. The number of halogens is 3. The van der Waals surface area contributed by atoms with Crippen LogP contribution in [0.5, 0.6) is 5.88 Å². The van der Waals surface area contributed by atoms with E-state index in [0.717, 1.165) is 17.3 Å². The minimum Gasteiger partial charge on any atom is -0.471 e. The summed E-state index contributed by atoms with van der Waals surface area (Å²) in [5.41, 5.74) is 0.706. The normalized spacial score (nSPS) is 15.0. The molecule has 0 unspecified atom stereocenters. The topological polar surface area (TPSA) is 68.5 Å². The van der Waals surface area contributed by atoms with Crippen molar-refractivity contribution in [2.24, 2.45) is 0 Å². The van der Waals surface area contributed by atoms with Crippen LogP contribution in [0.3, 0.4) is 0 Å². The van der Waals surface area contributed by atoms with E-state index in [9.17, 15) is 18.0 Å². The Kier molecular flexibility index (Phi) is 4.88. The number of nitrogens with zero attached hydrogens (tertiary/aromatic N) is 3. The van der Waals surface area contributed by atoms with Gasteiger partial charge >= 0.3 is 6.18 Å². The van der Waals surface area contributed by atoms with Crippen LogP contribution in [0, 0.1) is 13.8 Å². The van der Waals surface area contributed by atoms with E-state index in [1.165, 1.54) is 12.1 Å². The van der Waals surface area contributed by atoms with Crippen LogP contribution >= 0.6 is 0 Å². The summed E-state index contributed by atoms with van der Waals surface area (Å²) in [6, 6.07) is 3.51. The largest absolute Gasteiger partial charge is 0.471 e. The quantitative estimate of drug-likeness (QED) is 0.811. The standard InChI is InChI=1S/C17H18F3N3O3/c1-10-13(11(2)26-22-10)6-7-16(24)23-8-12(9-23)25-15-5-3-4-14(21-15)17(18,19)20/h3-5,12H,6-9H2,1-2H3. The molecule has 0 bridgehead atoms. The van der Waals surface area contributed by atoms with E-state index in [0.29, 0.717) is 31.7 Å². The van der Waals surface area contributed by atoms with Crippen LogP contribution < -0.4 is 4.74 Å². The molecule has 0 aromatic carbocycles. The van der Waals surface area contributed by atoms with E-state index in [1.807, 2.05) is 6.92 Å². The van der Waals surface area contributed by atoms with E-state index < -0.39 is 11.9 Å². The molecule has 2 aromatic heterocycles. The Labute approximate surface area is 147 Å². The molecule has 0 spiro atoms. The molecular weight excluding hydrogens is 351 g/mol. The number of aryl methyl sites for hydroxylation is 2. The summed E-state index contributed by atoms with van der Waals surface area (Å²) in [4.78, 5) is 17.2. The van der Waals surface area contributed by atoms with Crippen LogP contribution in [0.25, 0.3) is 0 Å². The maximum atomic E-state index is 12.6. The van der Waals surface area contributed by atoms with E-state index in [2.05, 4.69) is 10.1 Å². The van der Waals surface area contributed by atoms with Gasteiger partial charge in [0, 0.05) is 18.1 Å². The molecule has 0 saturated carbocycles. The number of amides is 1. The zero-order valence-electron chi connectivity index (χ0n) is 14.3. The fourth-order valence-corrected chi connectivity index (χ4v) is 2.77. The highest BCUT2D eigenvalue weighted by molar-refractivity contribution is 5.77. The van der Waals surface area contributed by atoms with E-state index in [-0.39, 0.29) is 17.9 Å². The van der Waals surface area contributed by atoms with Crippen LogP contribution in [0.15, 0.2) is 22.7 Å². The monoisotopic (exact) mass is 369 g/mol. The zero-order valence-corrected chi connectivity index (χ0v) is 14.3. The molecule has 1 amide bonds. The highest BCUT2D eigenvalue weighted by atomic mass is 19.4. The first-order chi connectivity index (χ1) is 12.2. The van der Waals surface area contributed by atoms with Crippen LogP contribution in [-0.2, 0) is 17.4 Å². The van der Waals surface area contributed by atoms with Gasteiger partial charge in [-0.05, 0) is 26.3 Å². The summed E-state index contributed by atoms with van der Waals surface area (Å²) >= 11 is 0. The van der Waals surface area contributed by atoms with Crippen LogP contribution in [-0.4, -0.2) is 40.1 Å². The Morgan fingerprint density at radius 3 is 2.69 bits per heavy atom. The summed E-state index contributed by atoms with van der Waals surface area (Å²) in [5.74, 6) is 0.574. The van der Waals surface area contributed by atoms with Crippen molar-refractivity contribution in [2.75, 3.05) is 13.1 Å². The zero-order chi connectivity index (χ0) is 18.9. The molecule has 1 fully saturated rings. The van der Waals surface area contributed by atoms with Gasteiger partial charge in [-0.15, -0.1) is 0 Å². The molecule has 3 heterocycles. The lowest BCUT2D eigenvalue weighted by molar-refractivity contribution is -0.142. The van der Waals surface area contributed by atoms with Crippen molar-refractivity contribution in [3.8, 4) is 5.88 Å². The van der Waals surface area contributed by atoms with Gasteiger partial charge in [0.15, 0.2) is 0 Å². The highest BCUT2D eigenvalue weighted by Gasteiger charge is 2.35. The van der Waals surface area contributed by atoms with Crippen molar-refractivity contribution in [2.45, 2.75) is 39.0 Å². The van der Waals surface area contributed by atoms with Crippen LogP contribution in [0.4, 0.5) is 13.2 Å². The lowest BCUT2D eigenvalue weighted by Crippen LogP contribution is -2.56. The third kappa shape index (κ3) is 3.97. The molecule has 140 valence electrons. The van der Waals surface area contributed by atoms with E-state index in [1.54, 1.807) is 11.8 Å². The first-order valence-electron chi connectivity index (χ1n) is 8.14. The summed E-state index contributed by atoms with van der Waals surface area (Å²) in [6.07, 6.45) is -4.01. The molecule has 1 saturated heterocycles. The molecular formula is C17H18F3N3O3. The second-order valence-corrected chi connectivity index (χ2v) is 6.20. The van der Waals surface area contributed by atoms with Crippen LogP contribution in [0.1, 0.15) is 29.1 Å². The second kappa shape index (κ2) is 6.97. The second-order valence-electron chi connectivity index (χ2n) is 6.20. The number of likely N-dealkylation sites (tertiary alicyclic amines) is 1. The molecule has 3 rings (SSSR count). The number of carbonyl (C=O) groups is 1. The maximum Gasteiger partial charge on any atom is 0.433 e. The van der Waals surface area contributed by atoms with Crippen molar-refractivity contribution in [1.29, 1.82) is 0 Å². The first-order valence-corrected chi connectivity index (χ1v) is 8.14. The van der Waals surface area contributed by atoms with Gasteiger partial charge in [-0.3, -0.25) is 4.79 Å². The van der Waals surface area contributed by atoms with Gasteiger partial charge in [0.2, 0.25) is 11.8 Å². The third-order valence-electron chi connectivity index (χ3n) is 4.27. The Morgan fingerprint density at radius 1 is 1.35 bits per heavy atom. The fraction of sp³-hybridized carbons (Fsp3) is 0.471. The van der Waals surface area contributed by atoms with Crippen molar-refractivity contribution >= 4 is 5.91 Å². The van der Waals surface area contributed by atoms with Crippen molar-refractivity contribution in [1.82, 2.24) is 15.0 Å². The number of ether oxygens (including phenoxy) is 1. The third-order valence-corrected chi connectivity index (χ3v) is 4.27. The van der Waals surface area contributed by atoms with Gasteiger partial charge in [-0.1, -0.05) is 11.2 Å². The Balaban J connectivity index is 1.48. The molecule has 6 nitrogen and oxygen atoms in total. The van der Waals surface area contributed by atoms with Gasteiger partial charge in [0.25, 0.3) is 0 Å². The molecule has 2 aromatic rings. The summed E-state index contributed by atoms with van der Waals surface area (Å²) in [5, 5.41) is 3.85. The number of rotatable bonds is 5. The minimum atomic E-state index is -4.51. The Bertz CT molecular complexity index is 779. The first kappa shape index (κ1) is 18.2. The van der Waals surface area contributed by atoms with Crippen molar-refractivity contribution in [3.05, 3.63) is 40.9 Å². The number of aromatic nitrogens is 2. The van der Waals surface area contributed by atoms with Gasteiger partial charge in [-0.25, -0.2) is 4.98 Å².